The number of benzene rings is 2. The van der Waals surface area contributed by atoms with E-state index in [-0.39, 0.29) is 24.5 Å². The van der Waals surface area contributed by atoms with Gasteiger partial charge in [0.25, 0.3) is 5.91 Å². The quantitative estimate of drug-likeness (QED) is 0.544. The van der Waals surface area contributed by atoms with Crippen molar-refractivity contribution in [3.63, 3.8) is 0 Å². The van der Waals surface area contributed by atoms with Crippen molar-refractivity contribution >= 4 is 11.8 Å². The third kappa shape index (κ3) is 5.05. The lowest BCUT2D eigenvalue weighted by Crippen LogP contribution is -2.50. The first-order valence-corrected chi connectivity index (χ1v) is 11.9. The van der Waals surface area contributed by atoms with Crippen LogP contribution in [0.5, 0.6) is 5.75 Å². The molecule has 2 aromatic carbocycles. The maximum Gasteiger partial charge on any atom is 0.276 e. The fourth-order valence-corrected chi connectivity index (χ4v) is 4.56. The Kier molecular flexibility index (Phi) is 6.76. The molecule has 1 fully saturated rings. The van der Waals surface area contributed by atoms with E-state index in [0.717, 1.165) is 16.9 Å². The van der Waals surface area contributed by atoms with Gasteiger partial charge in [-0.2, -0.15) is 0 Å². The van der Waals surface area contributed by atoms with Gasteiger partial charge < -0.3 is 19.3 Å². The average Bonchev–Trinajstić information content (AvgIpc) is 3.35. The van der Waals surface area contributed by atoms with Crippen LogP contribution in [0.4, 0.5) is 0 Å². The maximum absolute atomic E-state index is 13.2. The van der Waals surface area contributed by atoms with E-state index < -0.39 is 0 Å². The fraction of sp³-hybridized carbons (Fsp3) is 0.385. The van der Waals surface area contributed by atoms with Crippen molar-refractivity contribution in [3.8, 4) is 5.75 Å². The van der Waals surface area contributed by atoms with E-state index in [2.05, 4.69) is 10.3 Å². The third-order valence-electron chi connectivity index (χ3n) is 6.68. The zero-order valence-electron chi connectivity index (χ0n) is 19.8. The van der Waals surface area contributed by atoms with Gasteiger partial charge in [0.05, 0.1) is 26.0 Å². The lowest BCUT2D eigenvalue weighted by molar-refractivity contribution is -0.132. The SMILES string of the molecule is COc1ccc(CCC(=O)N2CCN(C(=O)c3nnn4c3CO[C@H](c3ccccc3)C4)CC2)cc1. The molecule has 1 atom stereocenters. The van der Waals surface area contributed by atoms with Crippen LogP contribution in [0.2, 0.25) is 0 Å². The Hall–Kier alpha value is -3.72. The molecule has 0 spiro atoms. The van der Waals surface area contributed by atoms with Gasteiger partial charge in [0, 0.05) is 32.6 Å². The monoisotopic (exact) mass is 475 g/mol. The number of methoxy groups -OCH3 is 1. The predicted molar refractivity (Wildman–Crippen MR) is 128 cm³/mol. The Balaban J connectivity index is 1.13. The highest BCUT2D eigenvalue weighted by Gasteiger charge is 2.31. The molecule has 182 valence electrons. The van der Waals surface area contributed by atoms with Crippen LogP contribution in [0, 0.1) is 0 Å². The largest absolute Gasteiger partial charge is 0.497 e. The van der Waals surface area contributed by atoms with Gasteiger partial charge in [-0.15, -0.1) is 5.10 Å². The van der Waals surface area contributed by atoms with Crippen molar-refractivity contribution in [1.82, 2.24) is 24.8 Å². The van der Waals surface area contributed by atoms with Gasteiger partial charge in [-0.3, -0.25) is 9.59 Å². The first-order chi connectivity index (χ1) is 17.1. The molecule has 0 radical (unpaired) electrons. The molecule has 0 N–H and O–H groups in total. The Labute approximate surface area is 204 Å². The van der Waals surface area contributed by atoms with Crippen molar-refractivity contribution in [2.24, 2.45) is 0 Å². The Bertz CT molecular complexity index is 1170. The van der Waals surface area contributed by atoms with Gasteiger partial charge in [0.15, 0.2) is 5.69 Å². The first kappa shape index (κ1) is 23.0. The molecule has 2 aliphatic rings. The van der Waals surface area contributed by atoms with Crippen LogP contribution >= 0.6 is 0 Å². The molecule has 5 rings (SSSR count). The van der Waals surface area contributed by atoms with Gasteiger partial charge in [-0.25, -0.2) is 4.68 Å². The minimum absolute atomic E-state index is 0.106. The molecule has 0 unspecified atom stereocenters. The molecule has 2 aliphatic heterocycles. The van der Waals surface area contributed by atoms with E-state index in [1.807, 2.05) is 59.5 Å². The smallest absolute Gasteiger partial charge is 0.276 e. The minimum atomic E-state index is -0.154. The van der Waals surface area contributed by atoms with Crippen LogP contribution in [0.1, 0.15) is 39.8 Å². The maximum atomic E-state index is 13.2. The summed E-state index contributed by atoms with van der Waals surface area (Å²) in [5.41, 5.74) is 3.23. The van der Waals surface area contributed by atoms with Crippen molar-refractivity contribution < 1.29 is 19.1 Å². The van der Waals surface area contributed by atoms with Gasteiger partial charge in [-0.05, 0) is 29.7 Å². The van der Waals surface area contributed by atoms with Gasteiger partial charge in [0.2, 0.25) is 5.91 Å². The number of ether oxygens (including phenoxy) is 2. The second-order valence-corrected chi connectivity index (χ2v) is 8.80. The van der Waals surface area contributed by atoms with Crippen LogP contribution in [0.3, 0.4) is 0 Å². The lowest BCUT2D eigenvalue weighted by Gasteiger charge is -2.34. The van der Waals surface area contributed by atoms with Gasteiger partial charge in [0.1, 0.15) is 11.9 Å². The van der Waals surface area contributed by atoms with E-state index in [0.29, 0.717) is 57.0 Å². The number of amides is 2. The predicted octanol–water partition coefficient (Wildman–Crippen LogP) is 2.48. The van der Waals surface area contributed by atoms with Gasteiger partial charge >= 0.3 is 0 Å². The second-order valence-electron chi connectivity index (χ2n) is 8.80. The molecular weight excluding hydrogens is 446 g/mol. The van der Waals surface area contributed by atoms with Crippen LogP contribution in [-0.4, -0.2) is 69.9 Å². The number of aromatic nitrogens is 3. The van der Waals surface area contributed by atoms with Crippen LogP contribution in [-0.2, 0) is 29.1 Å². The van der Waals surface area contributed by atoms with Crippen molar-refractivity contribution in [1.29, 1.82) is 0 Å². The summed E-state index contributed by atoms with van der Waals surface area (Å²) in [5.74, 6) is 0.755. The summed E-state index contributed by atoms with van der Waals surface area (Å²) in [4.78, 5) is 29.4. The van der Waals surface area contributed by atoms with E-state index >= 15 is 0 Å². The number of hydrogen-bond donors (Lipinski definition) is 0. The van der Waals surface area contributed by atoms with E-state index in [1.54, 1.807) is 16.7 Å². The Morgan fingerprint density at radius 1 is 1.00 bits per heavy atom. The molecule has 9 heteroatoms. The molecule has 1 aromatic heterocycles. The van der Waals surface area contributed by atoms with Crippen LogP contribution in [0.15, 0.2) is 54.6 Å². The van der Waals surface area contributed by atoms with Crippen molar-refractivity contribution in [2.75, 3.05) is 33.3 Å². The Morgan fingerprint density at radius 3 is 2.43 bits per heavy atom. The molecule has 0 bridgehead atoms. The zero-order valence-corrected chi connectivity index (χ0v) is 19.8. The highest BCUT2D eigenvalue weighted by molar-refractivity contribution is 5.93. The lowest BCUT2D eigenvalue weighted by atomic mass is 10.1. The summed E-state index contributed by atoms with van der Waals surface area (Å²) in [6, 6.07) is 17.7. The number of fused-ring (bicyclic) bond motifs is 1. The fourth-order valence-electron chi connectivity index (χ4n) is 4.56. The average molecular weight is 476 g/mol. The number of hydrogen-bond acceptors (Lipinski definition) is 6. The molecule has 1 saturated heterocycles. The summed E-state index contributed by atoms with van der Waals surface area (Å²) < 4.78 is 13.0. The summed E-state index contributed by atoms with van der Waals surface area (Å²) >= 11 is 0. The molecule has 3 heterocycles. The standard InChI is InChI=1S/C26H29N5O4/c1-34-21-10-7-19(8-11-21)9-12-24(32)29-13-15-30(16-14-29)26(33)25-22-18-35-23(17-31(22)28-27-25)20-5-3-2-4-6-20/h2-8,10-11,23H,9,12-18H2,1H3/t23-/m0/s1. The molecule has 9 nitrogen and oxygen atoms in total. The molecule has 0 saturated carbocycles. The molecule has 3 aromatic rings. The van der Waals surface area contributed by atoms with E-state index in [9.17, 15) is 9.59 Å². The molecule has 0 aliphatic carbocycles. The summed E-state index contributed by atoms with van der Waals surface area (Å²) in [7, 11) is 1.63. The van der Waals surface area contributed by atoms with Crippen LogP contribution < -0.4 is 4.74 Å². The Morgan fingerprint density at radius 2 is 1.71 bits per heavy atom. The van der Waals surface area contributed by atoms with E-state index in [1.165, 1.54) is 0 Å². The van der Waals surface area contributed by atoms with E-state index in [4.69, 9.17) is 9.47 Å². The second kappa shape index (κ2) is 10.3. The minimum Gasteiger partial charge on any atom is -0.497 e. The van der Waals surface area contributed by atoms with Gasteiger partial charge in [-0.1, -0.05) is 47.7 Å². The summed E-state index contributed by atoms with van der Waals surface area (Å²) in [5, 5.41) is 8.41. The molecule has 2 amide bonds. The van der Waals surface area contributed by atoms with Crippen LogP contribution in [0.25, 0.3) is 0 Å². The molecular formula is C26H29N5O4. The zero-order chi connectivity index (χ0) is 24.2. The number of carbonyl (C=O) groups excluding carboxylic acids is 2. The topological polar surface area (TPSA) is 89.8 Å². The number of aryl methyl sites for hydroxylation is 1. The number of piperazine rings is 1. The number of rotatable bonds is 6. The van der Waals surface area contributed by atoms with Crippen molar-refractivity contribution in [3.05, 3.63) is 77.1 Å². The summed E-state index contributed by atoms with van der Waals surface area (Å²) in [6.07, 6.45) is 1.01. The first-order valence-electron chi connectivity index (χ1n) is 11.9. The number of carbonyl (C=O) groups is 2. The normalized spacial score (nSPS) is 17.7. The highest BCUT2D eigenvalue weighted by atomic mass is 16.5. The number of nitrogens with zero attached hydrogens (tertiary/aromatic N) is 5. The van der Waals surface area contributed by atoms with Crippen molar-refractivity contribution in [2.45, 2.75) is 32.1 Å². The summed E-state index contributed by atoms with van der Waals surface area (Å²) in [6.45, 7) is 2.81. The third-order valence-corrected chi connectivity index (χ3v) is 6.68. The highest BCUT2D eigenvalue weighted by Crippen LogP contribution is 2.27. The molecule has 35 heavy (non-hydrogen) atoms.